The van der Waals surface area contributed by atoms with Crippen molar-refractivity contribution in [1.82, 2.24) is 14.1 Å². The number of hydrogen-bond acceptors (Lipinski definition) is 8. The Hall–Kier alpha value is -5.58. The predicted octanol–water partition coefficient (Wildman–Crippen LogP) is 6.27. The lowest BCUT2D eigenvalue weighted by Crippen LogP contribution is -2.22. The fraction of sp³-hybridized carbons (Fsp3) is 0.229. The number of aromatic nitrogens is 3. The number of methoxy groups -OCH3 is 3. The average Bonchev–Trinajstić information content (AvgIpc) is 3.37. The molecule has 3 aromatic heterocycles. The minimum absolute atomic E-state index is 0.0520. The molecule has 0 spiro atoms. The second kappa shape index (κ2) is 12.1. The first kappa shape index (κ1) is 30.4. The van der Waals surface area contributed by atoms with Crippen LogP contribution in [0.5, 0.6) is 17.2 Å². The molecule has 46 heavy (non-hydrogen) atoms. The number of nitrogens with zero attached hydrogens (tertiary/aromatic N) is 3. The molecule has 3 aromatic carbocycles. The van der Waals surface area contributed by atoms with Gasteiger partial charge < -0.3 is 24.1 Å². The maximum absolute atomic E-state index is 14.1. The number of hydrogen-bond donors (Lipinski definition) is 1. The Labute approximate surface area is 263 Å². The lowest BCUT2D eigenvalue weighted by Gasteiger charge is -2.19. The van der Waals surface area contributed by atoms with Crippen molar-refractivity contribution in [3.05, 3.63) is 116 Å². The maximum Gasteiger partial charge on any atom is 0.292 e. The molecule has 0 radical (unpaired) electrons. The Morgan fingerprint density at radius 2 is 1.65 bits per heavy atom. The summed E-state index contributed by atoms with van der Waals surface area (Å²) in [5.41, 5.74) is 4.29. The summed E-state index contributed by atoms with van der Waals surface area (Å²) in [6.07, 6.45) is 1.74. The summed E-state index contributed by atoms with van der Waals surface area (Å²) in [7, 11) is 4.61. The zero-order chi connectivity index (χ0) is 32.7. The average molecular weight is 625 g/mol. The summed E-state index contributed by atoms with van der Waals surface area (Å²) in [6, 6.07) is 16.3. The third kappa shape index (κ3) is 5.33. The number of nitrogens with one attached hydrogen (secondary N) is 1. The first-order valence-corrected chi connectivity index (χ1v) is 14.6. The Morgan fingerprint density at radius 3 is 2.33 bits per heavy atom. The molecule has 0 aliphatic carbocycles. The molecule has 3 heterocycles. The predicted molar refractivity (Wildman–Crippen MR) is 174 cm³/mol. The number of halogens is 1. The molecule has 1 unspecified atom stereocenters. The lowest BCUT2D eigenvalue weighted by molar-refractivity contribution is 0.290. The number of rotatable bonds is 9. The quantitative estimate of drug-likeness (QED) is 0.201. The molecule has 0 aliphatic rings. The fourth-order valence-electron chi connectivity index (χ4n) is 5.76. The zero-order valence-electron chi connectivity index (χ0n) is 26.3. The molecule has 0 fully saturated rings. The zero-order valence-corrected chi connectivity index (χ0v) is 26.3. The van der Waals surface area contributed by atoms with Gasteiger partial charge in [-0.15, -0.1) is 0 Å². The van der Waals surface area contributed by atoms with Gasteiger partial charge in [-0.05, 0) is 56.7 Å². The van der Waals surface area contributed by atoms with E-state index >= 15 is 0 Å². The molecular weight excluding hydrogens is 591 g/mol. The van der Waals surface area contributed by atoms with E-state index in [9.17, 15) is 14.0 Å². The highest BCUT2D eigenvalue weighted by atomic mass is 19.1. The number of pyridine rings is 1. The number of ether oxygens (including phenoxy) is 3. The van der Waals surface area contributed by atoms with E-state index in [0.29, 0.717) is 61.9 Å². The van der Waals surface area contributed by atoms with Crippen LogP contribution in [-0.2, 0) is 6.54 Å². The molecule has 10 nitrogen and oxygen atoms in total. The van der Waals surface area contributed by atoms with Gasteiger partial charge in [0, 0.05) is 35.0 Å². The Kier molecular flexibility index (Phi) is 7.99. The Balaban J connectivity index is 1.42. The van der Waals surface area contributed by atoms with Gasteiger partial charge in [-0.25, -0.2) is 9.37 Å². The lowest BCUT2D eigenvalue weighted by atomic mass is 10.0. The van der Waals surface area contributed by atoms with Crippen LogP contribution in [0.2, 0.25) is 0 Å². The second-order valence-electron chi connectivity index (χ2n) is 11.1. The van der Waals surface area contributed by atoms with Gasteiger partial charge in [-0.1, -0.05) is 18.2 Å². The first-order chi connectivity index (χ1) is 22.1. The monoisotopic (exact) mass is 624 g/mol. The Morgan fingerprint density at radius 1 is 0.935 bits per heavy atom. The summed E-state index contributed by atoms with van der Waals surface area (Å²) in [4.78, 5) is 32.2. The normalized spacial score (nSPS) is 12.0. The minimum Gasteiger partial charge on any atom is -0.496 e. The molecule has 6 rings (SSSR count). The van der Waals surface area contributed by atoms with E-state index in [1.54, 1.807) is 62.7 Å². The van der Waals surface area contributed by atoms with Gasteiger partial charge in [-0.2, -0.15) is 4.74 Å². The van der Waals surface area contributed by atoms with Gasteiger partial charge in [0.2, 0.25) is 0 Å². The van der Waals surface area contributed by atoms with E-state index in [4.69, 9.17) is 23.7 Å². The highest BCUT2D eigenvalue weighted by Crippen LogP contribution is 2.35. The third-order valence-electron chi connectivity index (χ3n) is 8.05. The van der Waals surface area contributed by atoms with Crippen molar-refractivity contribution in [2.24, 2.45) is 0 Å². The van der Waals surface area contributed by atoms with Crippen LogP contribution in [0.3, 0.4) is 0 Å². The molecule has 1 N–H and O–H groups in total. The summed E-state index contributed by atoms with van der Waals surface area (Å²) < 4.78 is 39.4. The standard InChI is InChI=1S/C35H33FN4O6/c1-19-13-25(33-38-32(20(2)34(41)39(33)17-19)22-9-7-10-23(36)14-22)21(3)37-27-11-8-12-28-31(27)35(42)40(46-28)18-26-29(44-5)15-24(43-4)16-30(26)45-6/h7-17,21,37H,18H2,1-6H3. The maximum atomic E-state index is 14.1. The van der Waals surface area contributed by atoms with Gasteiger partial charge in [0.1, 0.15) is 34.1 Å². The van der Waals surface area contributed by atoms with E-state index in [1.807, 2.05) is 19.9 Å². The van der Waals surface area contributed by atoms with Crippen molar-refractivity contribution in [3.63, 3.8) is 0 Å². The third-order valence-corrected chi connectivity index (χ3v) is 8.05. The van der Waals surface area contributed by atoms with Crippen molar-refractivity contribution in [2.75, 3.05) is 26.6 Å². The molecular formula is C35H33FN4O6. The van der Waals surface area contributed by atoms with E-state index in [-0.39, 0.29) is 17.7 Å². The molecule has 0 saturated carbocycles. The van der Waals surface area contributed by atoms with Crippen LogP contribution in [0.4, 0.5) is 10.1 Å². The van der Waals surface area contributed by atoms with Crippen LogP contribution < -0.4 is 30.6 Å². The smallest absolute Gasteiger partial charge is 0.292 e. The SMILES string of the molecule is COc1cc(OC)c(Cn2oc3cccc(NC(C)c4cc(C)cn5c(=O)c(C)c(-c6cccc(F)c6)nc45)c3c2=O)c(OC)c1. The van der Waals surface area contributed by atoms with E-state index < -0.39 is 11.9 Å². The summed E-state index contributed by atoms with van der Waals surface area (Å²) >= 11 is 0. The van der Waals surface area contributed by atoms with Crippen LogP contribution in [-0.4, -0.2) is 35.5 Å². The topological polar surface area (TPSA) is 109 Å². The minimum atomic E-state index is -0.416. The van der Waals surface area contributed by atoms with E-state index in [0.717, 1.165) is 11.1 Å². The molecule has 6 aromatic rings. The van der Waals surface area contributed by atoms with Gasteiger partial charge in [0.05, 0.1) is 50.9 Å². The number of anilines is 1. The molecule has 0 amide bonds. The van der Waals surface area contributed by atoms with Crippen LogP contribution in [0.25, 0.3) is 27.9 Å². The first-order valence-electron chi connectivity index (χ1n) is 14.6. The molecule has 236 valence electrons. The van der Waals surface area contributed by atoms with Gasteiger partial charge in [0.15, 0.2) is 5.58 Å². The van der Waals surface area contributed by atoms with Crippen LogP contribution in [0.1, 0.15) is 35.2 Å². The summed E-state index contributed by atoms with van der Waals surface area (Å²) in [5, 5.41) is 3.81. The fourth-order valence-corrected chi connectivity index (χ4v) is 5.76. The molecule has 1 atom stereocenters. The van der Waals surface area contributed by atoms with Crippen molar-refractivity contribution < 1.29 is 23.1 Å². The molecule has 0 saturated heterocycles. The summed E-state index contributed by atoms with van der Waals surface area (Å²) in [5.74, 6) is 1.10. The molecule has 0 aliphatic heterocycles. The van der Waals surface area contributed by atoms with Crippen molar-refractivity contribution in [2.45, 2.75) is 33.4 Å². The van der Waals surface area contributed by atoms with E-state index in [2.05, 4.69) is 5.32 Å². The van der Waals surface area contributed by atoms with Crippen LogP contribution in [0, 0.1) is 19.7 Å². The van der Waals surface area contributed by atoms with Crippen LogP contribution >= 0.6 is 0 Å². The van der Waals surface area contributed by atoms with Crippen molar-refractivity contribution in [1.29, 1.82) is 0 Å². The highest BCUT2D eigenvalue weighted by Gasteiger charge is 2.22. The largest absolute Gasteiger partial charge is 0.496 e. The van der Waals surface area contributed by atoms with Crippen molar-refractivity contribution in [3.8, 4) is 28.5 Å². The summed E-state index contributed by atoms with van der Waals surface area (Å²) in [6.45, 7) is 5.56. The molecule has 11 heteroatoms. The van der Waals surface area contributed by atoms with Crippen LogP contribution in [0.15, 0.2) is 81.0 Å². The highest BCUT2D eigenvalue weighted by molar-refractivity contribution is 5.90. The second-order valence-corrected chi connectivity index (χ2v) is 11.1. The van der Waals surface area contributed by atoms with Gasteiger partial charge in [-0.3, -0.25) is 14.0 Å². The number of fused-ring (bicyclic) bond motifs is 2. The number of aryl methyl sites for hydroxylation is 1. The van der Waals surface area contributed by atoms with Gasteiger partial charge >= 0.3 is 0 Å². The number of benzene rings is 3. The Bertz CT molecular complexity index is 2210. The van der Waals surface area contributed by atoms with E-state index in [1.165, 1.54) is 35.5 Å². The van der Waals surface area contributed by atoms with Gasteiger partial charge in [0.25, 0.3) is 11.1 Å². The van der Waals surface area contributed by atoms with Crippen molar-refractivity contribution >= 4 is 22.3 Å². The molecule has 0 bridgehead atoms.